The van der Waals surface area contributed by atoms with Gasteiger partial charge in [-0.1, -0.05) is 18.2 Å². The van der Waals surface area contributed by atoms with E-state index in [1.54, 1.807) is 0 Å². The van der Waals surface area contributed by atoms with Crippen LogP contribution in [0.4, 0.5) is 0 Å². The maximum Gasteiger partial charge on any atom is 0.0718 e. The largest absolute Gasteiger partial charge is 0.389 e. The van der Waals surface area contributed by atoms with E-state index in [-0.39, 0.29) is 0 Å². The molecule has 2 aliphatic carbocycles. The van der Waals surface area contributed by atoms with E-state index in [0.717, 1.165) is 18.8 Å². The van der Waals surface area contributed by atoms with Crippen LogP contribution < -0.4 is 0 Å². The molecule has 0 aromatic heterocycles. The second kappa shape index (κ2) is 3.84. The number of rotatable bonds is 2. The van der Waals surface area contributed by atoms with Crippen molar-refractivity contribution in [2.75, 3.05) is 0 Å². The highest BCUT2D eigenvalue weighted by molar-refractivity contribution is 5.35. The average molecular weight is 230 g/mol. The van der Waals surface area contributed by atoms with Crippen LogP contribution in [0.1, 0.15) is 42.4 Å². The Bertz CT molecular complexity index is 417. The fourth-order valence-electron chi connectivity index (χ4n) is 4.07. The van der Waals surface area contributed by atoms with Crippen LogP contribution in [0.2, 0.25) is 0 Å². The minimum absolute atomic E-state index is 0.403. The van der Waals surface area contributed by atoms with Crippen molar-refractivity contribution in [3.05, 3.63) is 34.9 Å². The van der Waals surface area contributed by atoms with Gasteiger partial charge in [-0.2, -0.15) is 0 Å². The van der Waals surface area contributed by atoms with Gasteiger partial charge in [-0.3, -0.25) is 0 Å². The topological polar surface area (TPSA) is 20.2 Å². The molecule has 1 heteroatoms. The van der Waals surface area contributed by atoms with Crippen LogP contribution in [0, 0.1) is 25.7 Å². The van der Waals surface area contributed by atoms with Gasteiger partial charge >= 0.3 is 0 Å². The molecule has 0 amide bonds. The first-order valence-electron chi connectivity index (χ1n) is 6.86. The Hall–Kier alpha value is -0.820. The summed E-state index contributed by atoms with van der Waals surface area (Å²) in [4.78, 5) is 0. The quantitative estimate of drug-likeness (QED) is 0.825. The summed E-state index contributed by atoms with van der Waals surface area (Å²) < 4.78 is 0. The number of aliphatic hydroxyl groups is 1. The zero-order chi connectivity index (χ0) is 12.0. The number of benzene rings is 1. The minimum Gasteiger partial charge on any atom is -0.389 e. The van der Waals surface area contributed by atoms with Gasteiger partial charge in [-0.25, -0.2) is 0 Å². The fraction of sp³-hybridized carbons (Fsp3) is 0.625. The molecule has 0 radical (unpaired) electrons. The minimum atomic E-state index is -0.403. The molecular weight excluding hydrogens is 208 g/mol. The summed E-state index contributed by atoms with van der Waals surface area (Å²) in [5.74, 6) is 1.36. The van der Waals surface area contributed by atoms with E-state index in [0.29, 0.717) is 5.92 Å². The normalized spacial score (nSPS) is 35.5. The van der Waals surface area contributed by atoms with Gasteiger partial charge in [0.1, 0.15) is 0 Å². The van der Waals surface area contributed by atoms with E-state index in [9.17, 15) is 5.11 Å². The third-order valence-electron chi connectivity index (χ3n) is 5.07. The van der Waals surface area contributed by atoms with Crippen LogP contribution in [-0.4, -0.2) is 10.7 Å². The summed E-state index contributed by atoms with van der Waals surface area (Å²) in [7, 11) is 0. The Morgan fingerprint density at radius 2 is 1.94 bits per heavy atom. The van der Waals surface area contributed by atoms with Crippen molar-refractivity contribution in [1.29, 1.82) is 0 Å². The van der Waals surface area contributed by atoms with Crippen LogP contribution >= 0.6 is 0 Å². The van der Waals surface area contributed by atoms with Gasteiger partial charge in [0.05, 0.1) is 5.60 Å². The molecule has 1 nitrogen and oxygen atoms in total. The lowest BCUT2D eigenvalue weighted by molar-refractivity contribution is -0.0127. The average Bonchev–Trinajstić information content (AvgIpc) is 2.83. The van der Waals surface area contributed by atoms with Crippen LogP contribution in [0.3, 0.4) is 0 Å². The number of hydrogen-bond donors (Lipinski definition) is 1. The molecule has 2 saturated carbocycles. The highest BCUT2D eigenvalue weighted by Crippen LogP contribution is 2.52. The summed E-state index contributed by atoms with van der Waals surface area (Å²) in [5, 5.41) is 10.9. The van der Waals surface area contributed by atoms with Crippen LogP contribution in [0.5, 0.6) is 0 Å². The van der Waals surface area contributed by atoms with Crippen LogP contribution in [0.25, 0.3) is 0 Å². The molecule has 1 aromatic rings. The monoisotopic (exact) mass is 230 g/mol. The first kappa shape index (κ1) is 11.3. The number of fused-ring (bicyclic) bond motifs is 2. The second-order valence-electron chi connectivity index (χ2n) is 6.23. The van der Waals surface area contributed by atoms with Crippen molar-refractivity contribution < 1.29 is 5.11 Å². The summed E-state index contributed by atoms with van der Waals surface area (Å²) in [6.45, 7) is 4.33. The molecule has 3 rings (SSSR count). The molecular formula is C16H22O. The molecule has 1 N–H and O–H groups in total. The lowest BCUT2D eigenvalue weighted by Gasteiger charge is -2.33. The van der Waals surface area contributed by atoms with Crippen molar-refractivity contribution >= 4 is 0 Å². The molecule has 17 heavy (non-hydrogen) atoms. The first-order valence-corrected chi connectivity index (χ1v) is 6.86. The predicted octanol–water partition coefficient (Wildman–Crippen LogP) is 3.40. The van der Waals surface area contributed by atoms with Gasteiger partial charge in [-0.15, -0.1) is 0 Å². The van der Waals surface area contributed by atoms with Crippen molar-refractivity contribution in [2.24, 2.45) is 11.8 Å². The Kier molecular flexibility index (Phi) is 2.55. The van der Waals surface area contributed by atoms with Crippen LogP contribution in [-0.2, 0) is 6.42 Å². The zero-order valence-electron chi connectivity index (χ0n) is 10.9. The van der Waals surface area contributed by atoms with E-state index < -0.39 is 5.60 Å². The molecule has 0 heterocycles. The van der Waals surface area contributed by atoms with E-state index in [4.69, 9.17) is 0 Å². The standard InChI is InChI=1S/C16H22O/c1-11-4-3-5-12(2)15(11)10-16(17)9-13-6-7-14(16)8-13/h3-5,13-14,17H,6-10H2,1-2H3. The molecule has 2 aliphatic rings. The van der Waals surface area contributed by atoms with Crippen molar-refractivity contribution in [3.63, 3.8) is 0 Å². The molecule has 0 aliphatic heterocycles. The van der Waals surface area contributed by atoms with Crippen molar-refractivity contribution in [2.45, 2.75) is 51.6 Å². The highest BCUT2D eigenvalue weighted by Gasteiger charge is 2.49. The molecule has 0 spiro atoms. The maximum absolute atomic E-state index is 10.9. The van der Waals surface area contributed by atoms with Crippen molar-refractivity contribution in [3.8, 4) is 0 Å². The molecule has 92 valence electrons. The molecule has 3 atom stereocenters. The smallest absolute Gasteiger partial charge is 0.0718 e. The SMILES string of the molecule is Cc1cccc(C)c1CC1(O)CC2CCC1C2. The number of hydrogen-bond acceptors (Lipinski definition) is 1. The lowest BCUT2D eigenvalue weighted by Crippen LogP contribution is -2.37. The molecule has 0 saturated heterocycles. The molecule has 2 bridgehead atoms. The van der Waals surface area contributed by atoms with E-state index in [2.05, 4.69) is 32.0 Å². The van der Waals surface area contributed by atoms with Crippen LogP contribution in [0.15, 0.2) is 18.2 Å². The van der Waals surface area contributed by atoms with Gasteiger partial charge in [0, 0.05) is 6.42 Å². The zero-order valence-corrected chi connectivity index (χ0v) is 10.9. The van der Waals surface area contributed by atoms with Gasteiger partial charge in [0.15, 0.2) is 0 Å². The predicted molar refractivity (Wildman–Crippen MR) is 70.0 cm³/mol. The van der Waals surface area contributed by atoms with Gasteiger partial charge < -0.3 is 5.11 Å². The van der Waals surface area contributed by atoms with E-state index >= 15 is 0 Å². The summed E-state index contributed by atoms with van der Waals surface area (Å²) in [5.41, 5.74) is 3.64. The van der Waals surface area contributed by atoms with Gasteiger partial charge in [0.25, 0.3) is 0 Å². The van der Waals surface area contributed by atoms with Gasteiger partial charge in [-0.05, 0) is 68.1 Å². The van der Waals surface area contributed by atoms with Crippen molar-refractivity contribution in [1.82, 2.24) is 0 Å². The lowest BCUT2D eigenvalue weighted by atomic mass is 9.78. The highest BCUT2D eigenvalue weighted by atomic mass is 16.3. The third kappa shape index (κ3) is 1.81. The Balaban J connectivity index is 1.88. The van der Waals surface area contributed by atoms with E-state index in [1.165, 1.54) is 36.0 Å². The Labute approximate surface area is 104 Å². The Morgan fingerprint density at radius 1 is 1.24 bits per heavy atom. The molecule has 1 aromatic carbocycles. The number of aryl methyl sites for hydroxylation is 2. The second-order valence-corrected chi connectivity index (χ2v) is 6.23. The van der Waals surface area contributed by atoms with Gasteiger partial charge in [0.2, 0.25) is 0 Å². The summed E-state index contributed by atoms with van der Waals surface area (Å²) >= 11 is 0. The molecule has 3 unspecified atom stereocenters. The first-order chi connectivity index (χ1) is 8.08. The van der Waals surface area contributed by atoms with E-state index in [1.807, 2.05) is 0 Å². The fourth-order valence-corrected chi connectivity index (χ4v) is 4.07. The summed E-state index contributed by atoms with van der Waals surface area (Å²) in [6, 6.07) is 6.44. The molecule has 2 fully saturated rings. The summed E-state index contributed by atoms with van der Waals surface area (Å²) in [6.07, 6.45) is 5.76. The Morgan fingerprint density at radius 3 is 2.47 bits per heavy atom. The third-order valence-corrected chi connectivity index (χ3v) is 5.07. The maximum atomic E-state index is 10.9.